The number of halogens is 1. The molecule has 0 aliphatic carbocycles. The molecule has 0 atom stereocenters. The average molecular weight is 376 g/mol. The van der Waals surface area contributed by atoms with Gasteiger partial charge in [0.05, 0.1) is 17.7 Å². The van der Waals surface area contributed by atoms with Crippen molar-refractivity contribution in [3.63, 3.8) is 0 Å². The van der Waals surface area contributed by atoms with Gasteiger partial charge in [0.1, 0.15) is 6.61 Å². The standard InChI is InChI=1S/C19H18ClNO5/c1-24-16-11-14(10-15(20)18(16)26-12-17(21)22)19(23)25-9-5-8-13-6-3-2-4-7-13/h2-8,10-11H,9,12H2,1H3,(H2,21,22)/b8-5+. The van der Waals surface area contributed by atoms with Gasteiger partial charge in [-0.2, -0.15) is 0 Å². The van der Waals surface area contributed by atoms with Gasteiger partial charge in [-0.25, -0.2) is 4.79 Å². The number of carbonyl (C=O) groups excluding carboxylic acids is 2. The maximum absolute atomic E-state index is 12.2. The first-order valence-electron chi connectivity index (χ1n) is 7.68. The molecule has 0 aliphatic rings. The lowest BCUT2D eigenvalue weighted by Crippen LogP contribution is -2.20. The molecule has 0 saturated carbocycles. The summed E-state index contributed by atoms with van der Waals surface area (Å²) in [5.41, 5.74) is 6.25. The van der Waals surface area contributed by atoms with Crippen molar-refractivity contribution in [2.75, 3.05) is 20.3 Å². The molecule has 1 amide bonds. The molecule has 26 heavy (non-hydrogen) atoms. The summed E-state index contributed by atoms with van der Waals surface area (Å²) in [5, 5.41) is 0.109. The van der Waals surface area contributed by atoms with E-state index in [4.69, 9.17) is 31.5 Å². The smallest absolute Gasteiger partial charge is 0.338 e. The van der Waals surface area contributed by atoms with Gasteiger partial charge in [0.2, 0.25) is 0 Å². The van der Waals surface area contributed by atoms with Crippen molar-refractivity contribution in [1.82, 2.24) is 0 Å². The zero-order valence-corrected chi connectivity index (χ0v) is 14.9. The Hall–Kier alpha value is -2.99. The van der Waals surface area contributed by atoms with E-state index in [2.05, 4.69) is 0 Å². The summed E-state index contributed by atoms with van der Waals surface area (Å²) in [6, 6.07) is 12.4. The fraction of sp³-hybridized carbons (Fsp3) is 0.158. The minimum atomic E-state index is -0.656. The zero-order valence-electron chi connectivity index (χ0n) is 14.1. The molecule has 0 aliphatic heterocycles. The van der Waals surface area contributed by atoms with Crippen LogP contribution in [-0.4, -0.2) is 32.2 Å². The molecule has 0 aromatic heterocycles. The molecule has 0 spiro atoms. The number of hydrogen-bond donors (Lipinski definition) is 1. The zero-order chi connectivity index (χ0) is 18.9. The maximum Gasteiger partial charge on any atom is 0.338 e. The van der Waals surface area contributed by atoms with E-state index in [-0.39, 0.29) is 35.3 Å². The summed E-state index contributed by atoms with van der Waals surface area (Å²) in [7, 11) is 1.39. The van der Waals surface area contributed by atoms with E-state index >= 15 is 0 Å². The quantitative estimate of drug-likeness (QED) is 0.716. The minimum absolute atomic E-state index is 0.105. The van der Waals surface area contributed by atoms with Gasteiger partial charge >= 0.3 is 5.97 Å². The van der Waals surface area contributed by atoms with Gasteiger partial charge in [-0.15, -0.1) is 0 Å². The van der Waals surface area contributed by atoms with Gasteiger partial charge < -0.3 is 19.9 Å². The number of nitrogens with two attached hydrogens (primary N) is 1. The highest BCUT2D eigenvalue weighted by molar-refractivity contribution is 6.32. The van der Waals surface area contributed by atoms with Crippen LogP contribution in [0.5, 0.6) is 11.5 Å². The van der Waals surface area contributed by atoms with Gasteiger partial charge in [-0.3, -0.25) is 4.79 Å². The molecule has 136 valence electrons. The van der Waals surface area contributed by atoms with Crippen molar-refractivity contribution in [2.24, 2.45) is 5.73 Å². The third-order valence-corrected chi connectivity index (χ3v) is 3.53. The minimum Gasteiger partial charge on any atom is -0.493 e. The Balaban J connectivity index is 2.03. The molecular weight excluding hydrogens is 358 g/mol. The fourth-order valence-corrected chi connectivity index (χ4v) is 2.34. The van der Waals surface area contributed by atoms with Crippen molar-refractivity contribution in [1.29, 1.82) is 0 Å². The van der Waals surface area contributed by atoms with Gasteiger partial charge in [-0.1, -0.05) is 48.0 Å². The molecule has 2 aromatic carbocycles. The van der Waals surface area contributed by atoms with E-state index in [1.807, 2.05) is 36.4 Å². The van der Waals surface area contributed by atoms with Crippen molar-refractivity contribution in [3.8, 4) is 11.5 Å². The van der Waals surface area contributed by atoms with Crippen LogP contribution in [-0.2, 0) is 9.53 Å². The lowest BCUT2D eigenvalue weighted by atomic mass is 10.2. The first-order valence-corrected chi connectivity index (χ1v) is 8.06. The molecule has 7 heteroatoms. The van der Waals surface area contributed by atoms with Crippen LogP contribution in [0.25, 0.3) is 6.08 Å². The number of carbonyl (C=O) groups is 2. The van der Waals surface area contributed by atoms with Crippen molar-refractivity contribution in [2.45, 2.75) is 0 Å². The topological polar surface area (TPSA) is 87.8 Å². The Morgan fingerprint density at radius 3 is 2.58 bits per heavy atom. The Labute approximate surface area is 156 Å². The molecule has 0 radical (unpaired) electrons. The van der Waals surface area contributed by atoms with E-state index in [0.29, 0.717) is 0 Å². The van der Waals surface area contributed by atoms with Crippen LogP contribution in [0.2, 0.25) is 5.02 Å². The van der Waals surface area contributed by atoms with Crippen molar-refractivity contribution in [3.05, 3.63) is 64.7 Å². The van der Waals surface area contributed by atoms with Crippen LogP contribution in [0.3, 0.4) is 0 Å². The molecule has 0 heterocycles. The average Bonchev–Trinajstić information content (AvgIpc) is 2.64. The third kappa shape index (κ3) is 5.53. The number of amides is 1. The first-order chi connectivity index (χ1) is 12.5. The Morgan fingerprint density at radius 2 is 1.92 bits per heavy atom. The second-order valence-corrected chi connectivity index (χ2v) is 5.56. The van der Waals surface area contributed by atoms with Crippen LogP contribution in [0, 0.1) is 0 Å². The van der Waals surface area contributed by atoms with E-state index in [0.717, 1.165) is 5.56 Å². The number of ether oxygens (including phenoxy) is 3. The summed E-state index contributed by atoms with van der Waals surface area (Å²) < 4.78 is 15.5. The number of esters is 1. The van der Waals surface area contributed by atoms with Gasteiger partial charge in [-0.05, 0) is 23.8 Å². The predicted octanol–water partition coefficient (Wildman–Crippen LogP) is 3.08. The first kappa shape index (κ1) is 19.3. The number of primary amides is 1. The number of methoxy groups -OCH3 is 1. The molecule has 0 fully saturated rings. The molecular formula is C19H18ClNO5. The largest absolute Gasteiger partial charge is 0.493 e. The van der Waals surface area contributed by atoms with Crippen LogP contribution >= 0.6 is 11.6 Å². The van der Waals surface area contributed by atoms with Crippen molar-refractivity contribution < 1.29 is 23.8 Å². The van der Waals surface area contributed by atoms with E-state index < -0.39 is 11.9 Å². The van der Waals surface area contributed by atoms with E-state index in [1.54, 1.807) is 6.08 Å². The second-order valence-electron chi connectivity index (χ2n) is 5.16. The van der Waals surface area contributed by atoms with Crippen LogP contribution in [0.4, 0.5) is 0 Å². The van der Waals surface area contributed by atoms with E-state index in [9.17, 15) is 9.59 Å². The lowest BCUT2D eigenvalue weighted by Gasteiger charge is -2.12. The Bertz CT molecular complexity index is 805. The highest BCUT2D eigenvalue weighted by Gasteiger charge is 2.17. The van der Waals surface area contributed by atoms with Gasteiger partial charge in [0, 0.05) is 0 Å². The van der Waals surface area contributed by atoms with Crippen LogP contribution in [0.1, 0.15) is 15.9 Å². The second kappa shape index (κ2) is 9.48. The highest BCUT2D eigenvalue weighted by atomic mass is 35.5. The summed E-state index contributed by atoms with van der Waals surface area (Å²) in [6.07, 6.45) is 3.58. The summed E-state index contributed by atoms with van der Waals surface area (Å²) in [5.74, 6) is -0.889. The summed E-state index contributed by atoms with van der Waals surface area (Å²) in [6.45, 7) is -0.252. The van der Waals surface area contributed by atoms with Crippen LogP contribution in [0.15, 0.2) is 48.5 Å². The monoisotopic (exact) mass is 375 g/mol. The van der Waals surface area contributed by atoms with E-state index in [1.165, 1.54) is 19.2 Å². The van der Waals surface area contributed by atoms with Crippen molar-refractivity contribution >= 4 is 29.6 Å². The molecule has 0 saturated heterocycles. The molecule has 0 bridgehead atoms. The van der Waals surface area contributed by atoms with Gasteiger partial charge in [0.15, 0.2) is 18.1 Å². The molecule has 0 unspecified atom stereocenters. The van der Waals surface area contributed by atoms with Crippen LogP contribution < -0.4 is 15.2 Å². The highest BCUT2D eigenvalue weighted by Crippen LogP contribution is 2.36. The lowest BCUT2D eigenvalue weighted by molar-refractivity contribution is -0.119. The molecule has 6 nitrogen and oxygen atoms in total. The number of rotatable bonds is 8. The predicted molar refractivity (Wildman–Crippen MR) is 98.5 cm³/mol. The number of benzene rings is 2. The Kier molecular flexibility index (Phi) is 7.05. The maximum atomic E-state index is 12.2. The summed E-state index contributed by atoms with van der Waals surface area (Å²) >= 11 is 6.10. The third-order valence-electron chi connectivity index (χ3n) is 3.24. The molecule has 2 aromatic rings. The molecule has 2 N–H and O–H groups in total. The normalized spacial score (nSPS) is 10.5. The fourth-order valence-electron chi connectivity index (χ4n) is 2.08. The summed E-state index contributed by atoms with van der Waals surface area (Å²) in [4.78, 5) is 23.0. The van der Waals surface area contributed by atoms with Gasteiger partial charge in [0.25, 0.3) is 5.91 Å². The molecule has 2 rings (SSSR count). The number of hydrogen-bond acceptors (Lipinski definition) is 5. The Morgan fingerprint density at radius 1 is 1.19 bits per heavy atom. The SMILES string of the molecule is COc1cc(C(=O)OC/C=C/c2ccccc2)cc(Cl)c1OCC(N)=O.